The zero-order chi connectivity index (χ0) is 23.2. The van der Waals surface area contributed by atoms with E-state index in [4.69, 9.17) is 18.9 Å². The van der Waals surface area contributed by atoms with Crippen LogP contribution in [0, 0.1) is 0 Å². The van der Waals surface area contributed by atoms with Crippen molar-refractivity contribution in [1.82, 2.24) is 10.2 Å². The topological polar surface area (TPSA) is 69.3 Å². The van der Waals surface area contributed by atoms with Gasteiger partial charge in [-0.05, 0) is 49.9 Å². The van der Waals surface area contributed by atoms with Crippen LogP contribution in [0.3, 0.4) is 0 Å². The minimum Gasteiger partial charge on any atom is -0.493 e. The first-order chi connectivity index (χ1) is 16.1. The fraction of sp³-hybridized carbons (Fsp3) is 0.500. The molecule has 178 valence electrons. The molecule has 0 saturated carbocycles. The standard InChI is InChI=1S/C26H34N2O5/c1-30-22-15-19(16-23(31-2)24(22)32-3)25(29)27-26-21-11-7-8-14-28(21)20(17-33-26)13-12-18-9-5-4-6-10-18/h4-6,9-10,15-16,20-21,26H,7-8,11-14,17H2,1-3H3,(H,27,29). The molecule has 0 aromatic heterocycles. The van der Waals surface area contributed by atoms with Crippen LogP contribution in [0.15, 0.2) is 42.5 Å². The Bertz CT molecular complexity index is 911. The van der Waals surface area contributed by atoms with E-state index in [9.17, 15) is 4.79 Å². The number of hydrogen-bond donors (Lipinski definition) is 1. The monoisotopic (exact) mass is 454 g/mol. The molecule has 0 radical (unpaired) electrons. The van der Waals surface area contributed by atoms with E-state index >= 15 is 0 Å². The van der Waals surface area contributed by atoms with Crippen molar-refractivity contribution in [2.24, 2.45) is 0 Å². The molecule has 2 aliphatic heterocycles. The second-order valence-corrected chi connectivity index (χ2v) is 8.62. The first-order valence-electron chi connectivity index (χ1n) is 11.7. The first-order valence-corrected chi connectivity index (χ1v) is 11.7. The zero-order valence-electron chi connectivity index (χ0n) is 19.7. The smallest absolute Gasteiger partial charge is 0.253 e. The molecule has 3 atom stereocenters. The summed E-state index contributed by atoms with van der Waals surface area (Å²) >= 11 is 0. The number of nitrogens with zero attached hydrogens (tertiary/aromatic N) is 1. The number of nitrogens with one attached hydrogen (secondary N) is 1. The van der Waals surface area contributed by atoms with Gasteiger partial charge < -0.3 is 24.3 Å². The molecule has 0 aliphatic carbocycles. The van der Waals surface area contributed by atoms with E-state index in [-0.39, 0.29) is 18.2 Å². The zero-order valence-corrected chi connectivity index (χ0v) is 19.7. The largest absolute Gasteiger partial charge is 0.493 e. The van der Waals surface area contributed by atoms with Gasteiger partial charge in [0, 0.05) is 11.6 Å². The Kier molecular flexibility index (Phi) is 7.73. The highest BCUT2D eigenvalue weighted by molar-refractivity contribution is 5.95. The van der Waals surface area contributed by atoms with Crippen molar-refractivity contribution in [3.05, 3.63) is 53.6 Å². The Hall–Kier alpha value is -2.77. The van der Waals surface area contributed by atoms with Gasteiger partial charge in [0.15, 0.2) is 11.5 Å². The van der Waals surface area contributed by atoms with Crippen molar-refractivity contribution >= 4 is 5.91 Å². The second kappa shape index (κ2) is 10.9. The molecule has 2 heterocycles. The lowest BCUT2D eigenvalue weighted by Gasteiger charge is -2.48. The van der Waals surface area contributed by atoms with Crippen molar-refractivity contribution in [3.63, 3.8) is 0 Å². The third kappa shape index (κ3) is 5.25. The SMILES string of the molecule is COc1cc(C(=O)NC2OCC(CCc3ccccc3)N3CCCCC23)cc(OC)c1OC. The number of amides is 1. The van der Waals surface area contributed by atoms with Gasteiger partial charge in [0.2, 0.25) is 5.75 Å². The molecule has 0 spiro atoms. The van der Waals surface area contributed by atoms with E-state index in [0.29, 0.717) is 35.5 Å². The molecule has 2 saturated heterocycles. The number of morpholine rings is 1. The summed E-state index contributed by atoms with van der Waals surface area (Å²) in [5.74, 6) is 1.15. The number of ether oxygens (including phenoxy) is 4. The lowest BCUT2D eigenvalue weighted by molar-refractivity contribution is -0.125. The fourth-order valence-electron chi connectivity index (χ4n) is 4.97. The molecule has 2 aromatic carbocycles. The van der Waals surface area contributed by atoms with Gasteiger partial charge in [0.1, 0.15) is 6.23 Å². The van der Waals surface area contributed by atoms with Crippen LogP contribution in [-0.2, 0) is 11.2 Å². The number of benzene rings is 2. The van der Waals surface area contributed by atoms with Crippen molar-refractivity contribution in [2.75, 3.05) is 34.5 Å². The van der Waals surface area contributed by atoms with Crippen LogP contribution in [0.2, 0.25) is 0 Å². The highest BCUT2D eigenvalue weighted by Gasteiger charge is 2.40. The van der Waals surface area contributed by atoms with Gasteiger partial charge in [-0.15, -0.1) is 0 Å². The number of rotatable bonds is 8. The quantitative estimate of drug-likeness (QED) is 0.657. The Morgan fingerprint density at radius 2 is 1.79 bits per heavy atom. The number of hydrogen-bond acceptors (Lipinski definition) is 6. The van der Waals surface area contributed by atoms with Gasteiger partial charge in [-0.25, -0.2) is 0 Å². The number of piperidine rings is 1. The number of carbonyl (C=O) groups excluding carboxylic acids is 1. The van der Waals surface area contributed by atoms with Crippen LogP contribution in [0.1, 0.15) is 41.6 Å². The lowest BCUT2D eigenvalue weighted by Crippen LogP contribution is -2.63. The summed E-state index contributed by atoms with van der Waals surface area (Å²) < 4.78 is 22.4. The molecule has 2 fully saturated rings. The Balaban J connectivity index is 1.45. The van der Waals surface area contributed by atoms with Crippen LogP contribution in [0.5, 0.6) is 17.2 Å². The summed E-state index contributed by atoms with van der Waals surface area (Å²) in [4.78, 5) is 15.7. The van der Waals surface area contributed by atoms with Crippen molar-refractivity contribution in [3.8, 4) is 17.2 Å². The van der Waals surface area contributed by atoms with Gasteiger partial charge in [-0.3, -0.25) is 9.69 Å². The van der Waals surface area contributed by atoms with Crippen LogP contribution in [0.4, 0.5) is 0 Å². The van der Waals surface area contributed by atoms with Crippen molar-refractivity contribution in [1.29, 1.82) is 0 Å². The summed E-state index contributed by atoms with van der Waals surface area (Å²) in [7, 11) is 4.62. The van der Waals surface area contributed by atoms with Crippen LogP contribution in [0.25, 0.3) is 0 Å². The predicted octanol–water partition coefficient (Wildman–Crippen LogP) is 3.65. The molecule has 1 N–H and O–H groups in total. The fourth-order valence-corrected chi connectivity index (χ4v) is 4.97. The van der Waals surface area contributed by atoms with E-state index in [0.717, 1.165) is 32.2 Å². The molecule has 7 heteroatoms. The molecule has 0 bridgehead atoms. The van der Waals surface area contributed by atoms with Gasteiger partial charge in [0.05, 0.1) is 34.0 Å². The van der Waals surface area contributed by atoms with Crippen molar-refractivity contribution in [2.45, 2.75) is 50.4 Å². The molecule has 1 amide bonds. The van der Waals surface area contributed by atoms with Crippen molar-refractivity contribution < 1.29 is 23.7 Å². The predicted molar refractivity (Wildman–Crippen MR) is 126 cm³/mol. The number of carbonyl (C=O) groups is 1. The maximum absolute atomic E-state index is 13.2. The van der Waals surface area contributed by atoms with Crippen LogP contribution in [-0.4, -0.2) is 63.6 Å². The third-order valence-electron chi connectivity index (χ3n) is 6.69. The molecular formula is C26H34N2O5. The Morgan fingerprint density at radius 1 is 1.06 bits per heavy atom. The van der Waals surface area contributed by atoms with Crippen LogP contribution < -0.4 is 19.5 Å². The minimum atomic E-state index is -0.343. The summed E-state index contributed by atoms with van der Waals surface area (Å²) in [6.45, 7) is 1.66. The van der Waals surface area contributed by atoms with E-state index in [1.165, 1.54) is 12.0 Å². The third-order valence-corrected chi connectivity index (χ3v) is 6.69. The molecule has 3 unspecified atom stereocenters. The summed E-state index contributed by atoms with van der Waals surface area (Å²) in [5, 5.41) is 3.11. The van der Waals surface area contributed by atoms with Gasteiger partial charge >= 0.3 is 0 Å². The van der Waals surface area contributed by atoms with Crippen LogP contribution >= 0.6 is 0 Å². The summed E-state index contributed by atoms with van der Waals surface area (Å²) in [6.07, 6.45) is 5.08. The summed E-state index contributed by atoms with van der Waals surface area (Å²) in [6, 6.07) is 14.5. The number of aryl methyl sites for hydroxylation is 1. The Labute approximate surface area is 196 Å². The minimum absolute atomic E-state index is 0.180. The van der Waals surface area contributed by atoms with E-state index in [1.54, 1.807) is 33.5 Å². The highest BCUT2D eigenvalue weighted by atomic mass is 16.5. The molecular weight excluding hydrogens is 420 g/mol. The molecule has 33 heavy (non-hydrogen) atoms. The maximum Gasteiger partial charge on any atom is 0.253 e. The highest BCUT2D eigenvalue weighted by Crippen LogP contribution is 2.38. The summed E-state index contributed by atoms with van der Waals surface area (Å²) in [5.41, 5.74) is 1.80. The number of methoxy groups -OCH3 is 3. The van der Waals surface area contributed by atoms with E-state index in [1.807, 2.05) is 0 Å². The average molecular weight is 455 g/mol. The maximum atomic E-state index is 13.2. The van der Waals surface area contributed by atoms with Gasteiger partial charge in [-0.2, -0.15) is 0 Å². The molecule has 2 aliphatic rings. The normalized spacial score (nSPS) is 22.8. The lowest BCUT2D eigenvalue weighted by atomic mass is 9.94. The second-order valence-electron chi connectivity index (χ2n) is 8.62. The molecule has 4 rings (SSSR count). The first kappa shape index (κ1) is 23.4. The average Bonchev–Trinajstić information content (AvgIpc) is 2.87. The van der Waals surface area contributed by atoms with Gasteiger partial charge in [0.25, 0.3) is 5.91 Å². The molecule has 2 aromatic rings. The Morgan fingerprint density at radius 3 is 2.45 bits per heavy atom. The van der Waals surface area contributed by atoms with Gasteiger partial charge in [-0.1, -0.05) is 36.8 Å². The van der Waals surface area contributed by atoms with E-state index < -0.39 is 0 Å². The number of fused-ring (bicyclic) bond motifs is 1. The molecule has 7 nitrogen and oxygen atoms in total. The van der Waals surface area contributed by atoms with E-state index in [2.05, 4.69) is 40.5 Å².